The summed E-state index contributed by atoms with van der Waals surface area (Å²) in [5.41, 5.74) is 9.48. The van der Waals surface area contributed by atoms with Gasteiger partial charge in [-0.25, -0.2) is 15.3 Å². The van der Waals surface area contributed by atoms with Crippen LogP contribution in [0.2, 0.25) is 5.02 Å². The molecular weight excluding hydrogens is 558 g/mol. The van der Waals surface area contributed by atoms with E-state index < -0.39 is 17.6 Å². The van der Waals surface area contributed by atoms with Crippen LogP contribution in [0.25, 0.3) is 22.0 Å². The Hall–Kier alpha value is -4.61. The number of rotatable bonds is 5. The number of hydrogen-bond acceptors (Lipinski definition) is 8. The summed E-state index contributed by atoms with van der Waals surface area (Å²) in [5.74, 6) is -0.697. The first-order chi connectivity index (χ1) is 20.0. The van der Waals surface area contributed by atoms with Gasteiger partial charge in [0.25, 0.3) is 5.56 Å². The second-order valence-electron chi connectivity index (χ2n) is 11.4. The van der Waals surface area contributed by atoms with Gasteiger partial charge in [0.2, 0.25) is 5.91 Å². The third-order valence-corrected chi connectivity index (χ3v) is 7.53. The number of aryl methyl sites for hydroxylation is 2. The van der Waals surface area contributed by atoms with Crippen LogP contribution in [0.4, 0.5) is 11.4 Å². The van der Waals surface area contributed by atoms with E-state index in [9.17, 15) is 14.4 Å². The zero-order valence-electron chi connectivity index (χ0n) is 23.6. The summed E-state index contributed by atoms with van der Waals surface area (Å²) in [5, 5.41) is 9.92. The highest BCUT2D eigenvalue weighted by Gasteiger charge is 2.30. The van der Waals surface area contributed by atoms with Gasteiger partial charge in [-0.05, 0) is 87.7 Å². The van der Waals surface area contributed by atoms with Crippen LogP contribution < -0.4 is 27.0 Å². The first-order valence-electron chi connectivity index (χ1n) is 13.5. The highest BCUT2D eigenvalue weighted by Crippen LogP contribution is 2.35. The van der Waals surface area contributed by atoms with E-state index in [4.69, 9.17) is 16.3 Å². The Morgan fingerprint density at radius 2 is 1.90 bits per heavy atom. The molecule has 0 aliphatic carbocycles. The zero-order chi connectivity index (χ0) is 29.8. The van der Waals surface area contributed by atoms with E-state index >= 15 is 0 Å². The van der Waals surface area contributed by atoms with Crippen LogP contribution in [0, 0.1) is 0 Å². The number of fused-ring (bicyclic) bond motifs is 2. The third kappa shape index (κ3) is 5.12. The van der Waals surface area contributed by atoms with Gasteiger partial charge in [0.15, 0.2) is 0 Å². The molecule has 1 unspecified atom stereocenters. The zero-order valence-corrected chi connectivity index (χ0v) is 24.3. The summed E-state index contributed by atoms with van der Waals surface area (Å²) in [4.78, 5) is 39.5. The minimum Gasteiger partial charge on any atom is -0.455 e. The Balaban J connectivity index is 1.25. The number of carbonyl (C=O) groups excluding carboxylic acids is 2. The second-order valence-corrected chi connectivity index (χ2v) is 11.8. The highest BCUT2D eigenvalue weighted by molar-refractivity contribution is 6.31. The van der Waals surface area contributed by atoms with Gasteiger partial charge in [0.05, 0.1) is 5.69 Å². The standard InChI is InChI=1S/C30H30ClN7O4/c1-30(2,3)42-29(41)26-13-18-11-20(6-9-23(18)36(26)4)33-28(40)25-10-7-21-12-17(14-27(39)38(21)25)22-15-19(31)5-8-24(22)37-16-32-34-35-37/h5-6,8-9,11-16,25,34-35H,7,10H2,1-4H3,(H,33,40). The lowest BCUT2D eigenvalue weighted by molar-refractivity contribution is -0.119. The lowest BCUT2D eigenvalue weighted by Crippen LogP contribution is -2.37. The normalized spacial score (nSPS) is 16.0. The molecule has 1 atom stereocenters. The van der Waals surface area contributed by atoms with Crippen molar-refractivity contribution in [3.8, 4) is 11.1 Å². The van der Waals surface area contributed by atoms with E-state index in [1.807, 2.05) is 45.0 Å². The van der Waals surface area contributed by atoms with E-state index in [0.29, 0.717) is 34.8 Å². The van der Waals surface area contributed by atoms with Gasteiger partial charge in [-0.3, -0.25) is 9.59 Å². The van der Waals surface area contributed by atoms with Gasteiger partial charge < -0.3 is 19.2 Å². The topological polar surface area (TPSA) is 122 Å². The average Bonchev–Trinajstić information content (AvgIpc) is 3.67. The van der Waals surface area contributed by atoms with Crippen LogP contribution in [0.3, 0.4) is 0 Å². The Labute approximate surface area is 246 Å². The van der Waals surface area contributed by atoms with Crippen LogP contribution >= 0.6 is 11.6 Å². The molecule has 12 heteroatoms. The number of ether oxygens (including phenoxy) is 1. The summed E-state index contributed by atoms with van der Waals surface area (Å²) in [6.45, 7) is 5.46. The molecule has 0 spiro atoms. The molecule has 11 nitrogen and oxygen atoms in total. The molecule has 2 aromatic heterocycles. The fourth-order valence-electron chi connectivity index (χ4n) is 5.45. The first-order valence-corrected chi connectivity index (χ1v) is 13.9. The fraction of sp³-hybridized carbons (Fsp3) is 0.267. The van der Waals surface area contributed by atoms with Gasteiger partial charge in [0, 0.05) is 46.0 Å². The summed E-state index contributed by atoms with van der Waals surface area (Å²) in [7, 11) is 1.80. The number of halogens is 1. The number of nitrogens with zero attached hydrogens (tertiary/aromatic N) is 4. The van der Waals surface area contributed by atoms with E-state index in [1.54, 1.807) is 51.8 Å². The number of pyridine rings is 1. The molecule has 2 aromatic carbocycles. The van der Waals surface area contributed by atoms with Crippen molar-refractivity contribution in [2.45, 2.75) is 45.3 Å². The summed E-state index contributed by atoms with van der Waals surface area (Å²) in [6, 6.07) is 15.4. The average molecular weight is 588 g/mol. The number of anilines is 2. The number of nitrogens with one attached hydrogen (secondary N) is 3. The van der Waals surface area contributed by atoms with Gasteiger partial charge in [-0.15, -0.1) is 5.53 Å². The Kier molecular flexibility index (Phi) is 6.78. The number of carbonyl (C=O) groups is 2. The maximum Gasteiger partial charge on any atom is 0.355 e. The molecule has 42 heavy (non-hydrogen) atoms. The molecule has 4 aromatic rings. The van der Waals surface area contributed by atoms with Crippen molar-refractivity contribution >= 4 is 52.1 Å². The van der Waals surface area contributed by atoms with E-state index in [1.165, 1.54) is 6.07 Å². The monoisotopic (exact) mass is 587 g/mol. The minimum absolute atomic E-state index is 0.271. The molecule has 216 valence electrons. The predicted molar refractivity (Wildman–Crippen MR) is 162 cm³/mol. The SMILES string of the molecule is Cn1c(C(=O)OC(C)(C)C)cc2cc(NC(=O)C3CCc4cc(-c5cc(Cl)ccc5N5C=NNN5)cc(=O)n43)ccc21. The van der Waals surface area contributed by atoms with Gasteiger partial charge in [0.1, 0.15) is 23.7 Å². The molecule has 6 rings (SSSR count). The van der Waals surface area contributed by atoms with Gasteiger partial charge in [-0.2, -0.15) is 5.10 Å². The Bertz CT molecular complexity index is 1840. The van der Waals surface area contributed by atoms with E-state index in [-0.39, 0.29) is 11.5 Å². The summed E-state index contributed by atoms with van der Waals surface area (Å²) < 4.78 is 8.86. The first kappa shape index (κ1) is 27.6. The molecule has 0 fully saturated rings. The van der Waals surface area contributed by atoms with Crippen molar-refractivity contribution in [3.05, 3.63) is 81.4 Å². The third-order valence-electron chi connectivity index (χ3n) is 7.29. The maximum atomic E-state index is 13.4. The van der Waals surface area contributed by atoms with Gasteiger partial charge >= 0.3 is 5.97 Å². The van der Waals surface area contributed by atoms with Gasteiger partial charge in [-0.1, -0.05) is 11.6 Å². The number of amides is 1. The lowest BCUT2D eigenvalue weighted by atomic mass is 10.0. The summed E-state index contributed by atoms with van der Waals surface area (Å²) >= 11 is 6.31. The van der Waals surface area contributed by atoms with E-state index in [0.717, 1.165) is 27.8 Å². The molecule has 2 aliphatic heterocycles. The second kappa shape index (κ2) is 10.3. The molecule has 0 saturated heterocycles. The number of hydrazone groups is 1. The Morgan fingerprint density at radius 3 is 2.64 bits per heavy atom. The largest absolute Gasteiger partial charge is 0.455 e. The van der Waals surface area contributed by atoms with Crippen LogP contribution in [0.15, 0.2) is 64.5 Å². The van der Waals surface area contributed by atoms with Crippen LogP contribution in [-0.4, -0.2) is 33.0 Å². The fourth-order valence-corrected chi connectivity index (χ4v) is 5.62. The quantitative estimate of drug-likeness (QED) is 0.294. The minimum atomic E-state index is -0.652. The highest BCUT2D eigenvalue weighted by atomic mass is 35.5. The predicted octanol–water partition coefficient (Wildman–Crippen LogP) is 4.51. The number of hydrogen-bond donors (Lipinski definition) is 3. The number of esters is 1. The van der Waals surface area contributed by atoms with Crippen LogP contribution in [-0.2, 0) is 23.0 Å². The summed E-state index contributed by atoms with van der Waals surface area (Å²) in [6.07, 6.45) is 2.64. The lowest BCUT2D eigenvalue weighted by Gasteiger charge is -2.19. The number of hydrazine groups is 2. The molecular formula is C30H30ClN7O4. The molecule has 0 bridgehead atoms. The van der Waals surface area contributed by atoms with Crippen molar-refractivity contribution in [1.29, 1.82) is 0 Å². The maximum absolute atomic E-state index is 13.4. The smallest absolute Gasteiger partial charge is 0.355 e. The molecule has 0 radical (unpaired) electrons. The van der Waals surface area contributed by atoms with Crippen molar-refractivity contribution in [1.82, 2.24) is 20.2 Å². The molecule has 3 N–H and O–H groups in total. The van der Waals surface area contributed by atoms with Crippen molar-refractivity contribution in [2.24, 2.45) is 12.1 Å². The Morgan fingerprint density at radius 1 is 1.10 bits per heavy atom. The molecule has 2 aliphatic rings. The molecule has 0 saturated carbocycles. The van der Waals surface area contributed by atoms with Crippen LogP contribution in [0.1, 0.15) is 49.4 Å². The molecule has 1 amide bonds. The van der Waals surface area contributed by atoms with Crippen molar-refractivity contribution < 1.29 is 14.3 Å². The van der Waals surface area contributed by atoms with Crippen LogP contribution in [0.5, 0.6) is 0 Å². The number of benzene rings is 2. The van der Waals surface area contributed by atoms with Crippen molar-refractivity contribution in [3.63, 3.8) is 0 Å². The van der Waals surface area contributed by atoms with Crippen molar-refractivity contribution in [2.75, 3.05) is 10.3 Å². The number of aromatic nitrogens is 2. The molecule has 4 heterocycles. The van der Waals surface area contributed by atoms with E-state index in [2.05, 4.69) is 21.5 Å².